The summed E-state index contributed by atoms with van der Waals surface area (Å²) in [6.45, 7) is 5.11. The van der Waals surface area contributed by atoms with Crippen molar-refractivity contribution in [3.63, 3.8) is 0 Å². The lowest BCUT2D eigenvalue weighted by molar-refractivity contribution is -0.154. The zero-order valence-electron chi connectivity index (χ0n) is 11.7. The summed E-state index contributed by atoms with van der Waals surface area (Å²) in [5.41, 5.74) is -0.351. The Morgan fingerprint density at radius 3 is 3.00 bits per heavy atom. The fourth-order valence-electron chi connectivity index (χ4n) is 3.92. The number of rotatable bonds is 5. The molecule has 0 amide bonds. The van der Waals surface area contributed by atoms with Crippen LogP contribution in [0.15, 0.2) is 12.7 Å². The largest absolute Gasteiger partial charge is 0.459 e. The highest BCUT2D eigenvalue weighted by molar-refractivity contribution is 7.87. The van der Waals surface area contributed by atoms with Crippen LogP contribution in [0.3, 0.4) is 0 Å². The molecule has 3 rings (SSSR count). The van der Waals surface area contributed by atoms with Gasteiger partial charge in [-0.05, 0) is 18.9 Å². The second kappa shape index (κ2) is 4.77. The molecule has 2 aliphatic carbocycles. The molecule has 0 aromatic carbocycles. The van der Waals surface area contributed by atoms with Gasteiger partial charge in [0.05, 0.1) is 12.6 Å². The molecule has 1 saturated heterocycles. The minimum absolute atomic E-state index is 0.0791. The van der Waals surface area contributed by atoms with Gasteiger partial charge in [0.25, 0.3) is 10.1 Å². The van der Waals surface area contributed by atoms with Crippen LogP contribution >= 0.6 is 0 Å². The average Bonchev–Trinajstić information content (AvgIpc) is 2.91. The van der Waals surface area contributed by atoms with Gasteiger partial charge in [0.15, 0.2) is 0 Å². The Morgan fingerprint density at radius 1 is 1.62 bits per heavy atom. The SMILES string of the molecule is C=CC(O)NCC(=O)OC1C2C3CC1(C)CC3OS2(=O)=O. The predicted molar refractivity (Wildman–Crippen MR) is 72.5 cm³/mol. The molecule has 6 unspecified atom stereocenters. The lowest BCUT2D eigenvalue weighted by Gasteiger charge is -2.32. The molecule has 3 aliphatic rings. The summed E-state index contributed by atoms with van der Waals surface area (Å²) in [5.74, 6) is -0.669. The van der Waals surface area contributed by atoms with E-state index in [9.17, 15) is 18.3 Å². The van der Waals surface area contributed by atoms with Crippen LogP contribution in [-0.2, 0) is 23.8 Å². The Kier molecular flexibility index (Phi) is 3.40. The molecule has 0 aromatic heterocycles. The average molecular weight is 317 g/mol. The van der Waals surface area contributed by atoms with Crippen LogP contribution in [0, 0.1) is 11.3 Å². The van der Waals surface area contributed by atoms with Gasteiger partial charge >= 0.3 is 5.97 Å². The van der Waals surface area contributed by atoms with Crippen LogP contribution in [0.5, 0.6) is 0 Å². The molecule has 2 saturated carbocycles. The van der Waals surface area contributed by atoms with Gasteiger partial charge in [-0.2, -0.15) is 8.42 Å². The molecule has 2 bridgehead atoms. The van der Waals surface area contributed by atoms with E-state index in [1.807, 2.05) is 6.92 Å². The molecule has 0 radical (unpaired) electrons. The number of aliphatic hydroxyl groups excluding tert-OH is 1. The van der Waals surface area contributed by atoms with E-state index in [1.165, 1.54) is 6.08 Å². The number of ether oxygens (including phenoxy) is 1. The zero-order valence-corrected chi connectivity index (χ0v) is 12.5. The molecule has 21 heavy (non-hydrogen) atoms. The zero-order chi connectivity index (χ0) is 15.4. The summed E-state index contributed by atoms with van der Waals surface area (Å²) in [6.07, 6.45) is 0.584. The first-order valence-corrected chi connectivity index (χ1v) is 8.39. The van der Waals surface area contributed by atoms with E-state index in [0.29, 0.717) is 12.8 Å². The number of carbonyl (C=O) groups excluding carboxylic acids is 1. The van der Waals surface area contributed by atoms with Crippen molar-refractivity contribution in [3.8, 4) is 0 Å². The fraction of sp³-hybridized carbons (Fsp3) is 0.769. The van der Waals surface area contributed by atoms with E-state index >= 15 is 0 Å². The summed E-state index contributed by atoms with van der Waals surface area (Å²) in [5, 5.41) is 11.0. The van der Waals surface area contributed by atoms with Crippen LogP contribution in [0.4, 0.5) is 0 Å². The van der Waals surface area contributed by atoms with Crippen molar-refractivity contribution in [2.75, 3.05) is 6.54 Å². The normalized spacial score (nSPS) is 43.7. The van der Waals surface area contributed by atoms with E-state index < -0.39 is 33.7 Å². The highest BCUT2D eigenvalue weighted by atomic mass is 32.2. The fourth-order valence-corrected chi connectivity index (χ4v) is 5.99. The van der Waals surface area contributed by atoms with Crippen molar-refractivity contribution < 1.29 is 27.2 Å². The minimum atomic E-state index is -3.66. The van der Waals surface area contributed by atoms with Crippen molar-refractivity contribution >= 4 is 16.1 Å². The van der Waals surface area contributed by atoms with Crippen molar-refractivity contribution in [3.05, 3.63) is 12.7 Å². The second-order valence-electron chi connectivity index (χ2n) is 6.29. The highest BCUT2D eigenvalue weighted by Crippen LogP contribution is 2.62. The molecule has 0 aromatic rings. The number of fused-ring (bicyclic) bond motifs is 1. The number of hydrogen-bond acceptors (Lipinski definition) is 7. The summed E-state index contributed by atoms with van der Waals surface area (Å²) >= 11 is 0. The van der Waals surface area contributed by atoms with Crippen LogP contribution in [0.2, 0.25) is 0 Å². The van der Waals surface area contributed by atoms with Crippen LogP contribution in [-0.4, -0.2) is 49.7 Å². The summed E-state index contributed by atoms with van der Waals surface area (Å²) in [4.78, 5) is 11.9. The molecular formula is C13H19NO6S. The van der Waals surface area contributed by atoms with Gasteiger partial charge < -0.3 is 9.84 Å². The minimum Gasteiger partial charge on any atom is -0.459 e. The topological polar surface area (TPSA) is 102 Å². The van der Waals surface area contributed by atoms with Gasteiger partial charge in [-0.25, -0.2) is 0 Å². The van der Waals surface area contributed by atoms with Crippen molar-refractivity contribution in [2.24, 2.45) is 11.3 Å². The van der Waals surface area contributed by atoms with Crippen LogP contribution < -0.4 is 5.32 Å². The second-order valence-corrected chi connectivity index (χ2v) is 8.01. The van der Waals surface area contributed by atoms with Gasteiger partial charge in [-0.1, -0.05) is 13.5 Å². The maximum Gasteiger partial charge on any atom is 0.320 e. The maximum absolute atomic E-state index is 12.0. The van der Waals surface area contributed by atoms with Crippen LogP contribution in [0.25, 0.3) is 0 Å². The number of aliphatic hydroxyl groups is 1. The first-order chi connectivity index (χ1) is 9.77. The van der Waals surface area contributed by atoms with Gasteiger partial charge in [-0.15, -0.1) is 0 Å². The molecular weight excluding hydrogens is 298 g/mol. The molecule has 0 spiro atoms. The first-order valence-electron chi connectivity index (χ1n) is 6.92. The molecule has 6 atom stereocenters. The summed E-state index contributed by atoms with van der Waals surface area (Å²) in [6, 6.07) is 0. The van der Waals surface area contributed by atoms with Crippen molar-refractivity contribution in [2.45, 2.75) is 43.5 Å². The third-order valence-electron chi connectivity index (χ3n) is 4.78. The number of nitrogens with one attached hydrogen (secondary N) is 1. The summed E-state index contributed by atoms with van der Waals surface area (Å²) in [7, 11) is -3.66. The molecule has 1 aliphatic heterocycles. The number of esters is 1. The standard InChI is InChI=1S/C13H19NO6S/c1-3-9(15)14-6-10(16)19-12-11-7-4-13(12,2)5-8(7)20-21(11,17)18/h3,7-9,11-12,14-15H,1,4-6H2,2H3. The number of hydrogen-bond donors (Lipinski definition) is 2. The smallest absolute Gasteiger partial charge is 0.320 e. The first kappa shape index (κ1) is 15.0. The predicted octanol–water partition coefficient (Wildman–Crippen LogP) is -0.481. The lowest BCUT2D eigenvalue weighted by atomic mass is 9.82. The van der Waals surface area contributed by atoms with Crippen molar-refractivity contribution in [1.29, 1.82) is 0 Å². The van der Waals surface area contributed by atoms with E-state index in [4.69, 9.17) is 8.92 Å². The molecule has 118 valence electrons. The van der Waals surface area contributed by atoms with E-state index in [1.54, 1.807) is 0 Å². The maximum atomic E-state index is 12.0. The Labute approximate surface area is 123 Å². The molecule has 3 fully saturated rings. The van der Waals surface area contributed by atoms with Gasteiger partial charge in [0.1, 0.15) is 17.6 Å². The quantitative estimate of drug-likeness (QED) is 0.305. The van der Waals surface area contributed by atoms with Crippen LogP contribution in [0.1, 0.15) is 19.8 Å². The van der Waals surface area contributed by atoms with E-state index in [2.05, 4.69) is 11.9 Å². The number of carbonyl (C=O) groups is 1. The van der Waals surface area contributed by atoms with E-state index in [0.717, 1.165) is 0 Å². The van der Waals surface area contributed by atoms with Gasteiger partial charge in [-0.3, -0.25) is 14.3 Å². The third-order valence-corrected chi connectivity index (χ3v) is 6.56. The summed E-state index contributed by atoms with van der Waals surface area (Å²) < 4.78 is 34.6. The highest BCUT2D eigenvalue weighted by Gasteiger charge is 2.70. The Balaban J connectivity index is 1.71. The molecule has 7 nitrogen and oxygen atoms in total. The molecule has 2 N–H and O–H groups in total. The van der Waals surface area contributed by atoms with Crippen molar-refractivity contribution in [1.82, 2.24) is 5.32 Å². The molecule has 1 heterocycles. The lowest BCUT2D eigenvalue weighted by Crippen LogP contribution is -2.45. The van der Waals surface area contributed by atoms with Gasteiger partial charge in [0, 0.05) is 11.3 Å². The third kappa shape index (κ3) is 2.30. The van der Waals surface area contributed by atoms with E-state index in [-0.39, 0.29) is 24.0 Å². The Morgan fingerprint density at radius 2 is 2.33 bits per heavy atom. The Hall–Kier alpha value is -0.960. The monoisotopic (exact) mass is 317 g/mol. The van der Waals surface area contributed by atoms with Gasteiger partial charge in [0.2, 0.25) is 0 Å². The molecule has 8 heteroatoms. The Bertz CT molecular complexity index is 571.